The van der Waals surface area contributed by atoms with Crippen LogP contribution in [0.5, 0.6) is 0 Å². The molecule has 1 amide bonds. The number of carbonyl (C=O) groups is 1. The lowest BCUT2D eigenvalue weighted by molar-refractivity contribution is -0.136. The van der Waals surface area contributed by atoms with Gasteiger partial charge in [0.15, 0.2) is 0 Å². The van der Waals surface area contributed by atoms with Gasteiger partial charge in [-0.2, -0.15) is 0 Å². The van der Waals surface area contributed by atoms with Crippen LogP contribution in [-0.4, -0.2) is 46.2 Å². The highest BCUT2D eigenvalue weighted by Crippen LogP contribution is 2.25. The molecule has 0 N–H and O–H groups in total. The van der Waals surface area contributed by atoms with Crippen LogP contribution in [0.2, 0.25) is 0 Å². The van der Waals surface area contributed by atoms with E-state index in [2.05, 4.69) is 56.1 Å². The average molecular weight is 351 g/mol. The Labute approximate surface area is 135 Å². The highest BCUT2D eigenvalue weighted by atomic mass is 79.9. The first-order chi connectivity index (χ1) is 10.2. The Bertz CT molecular complexity index is 471. The molecular weight excluding hydrogens is 328 g/mol. The molecule has 2 aliphatic rings. The van der Waals surface area contributed by atoms with Gasteiger partial charge in [-0.1, -0.05) is 46.3 Å². The van der Waals surface area contributed by atoms with Crippen LogP contribution in [0.3, 0.4) is 0 Å². The lowest BCUT2D eigenvalue weighted by atomic mass is 9.99. The average Bonchev–Trinajstić information content (AvgIpc) is 2.52. The lowest BCUT2D eigenvalue weighted by Gasteiger charge is -2.41. The fourth-order valence-corrected chi connectivity index (χ4v) is 4.03. The Balaban J connectivity index is 1.52. The minimum absolute atomic E-state index is 0.0496. The molecule has 21 heavy (non-hydrogen) atoms. The van der Waals surface area contributed by atoms with Gasteiger partial charge >= 0.3 is 0 Å². The maximum absolute atomic E-state index is 12.3. The number of carbonyl (C=O) groups excluding carboxylic acids is 1. The van der Waals surface area contributed by atoms with Crippen LogP contribution in [0.15, 0.2) is 30.3 Å². The first-order valence-electron chi connectivity index (χ1n) is 7.95. The standard InChI is InChI=1S/C17H23BrN2O/c18-16-7-4-10-20(17(16)21)15-8-11-19(12-9-15)13-14-5-2-1-3-6-14/h1-3,5-6,15-16H,4,7-13H2. The minimum atomic E-state index is 0.0496. The second-order valence-corrected chi connectivity index (χ2v) is 7.24. The van der Waals surface area contributed by atoms with Gasteiger partial charge in [0.05, 0.1) is 4.83 Å². The molecule has 1 unspecified atom stereocenters. The zero-order valence-corrected chi connectivity index (χ0v) is 14.0. The van der Waals surface area contributed by atoms with Gasteiger partial charge < -0.3 is 4.90 Å². The molecule has 0 bridgehead atoms. The minimum Gasteiger partial charge on any atom is -0.339 e. The third-order valence-corrected chi connectivity index (χ3v) is 5.50. The molecule has 0 spiro atoms. The predicted molar refractivity (Wildman–Crippen MR) is 88.4 cm³/mol. The van der Waals surface area contributed by atoms with Gasteiger partial charge in [0.25, 0.3) is 0 Å². The number of benzene rings is 1. The van der Waals surface area contributed by atoms with Crippen LogP contribution < -0.4 is 0 Å². The Kier molecular flexibility index (Phi) is 4.96. The predicted octanol–water partition coefficient (Wildman–Crippen LogP) is 3.04. The summed E-state index contributed by atoms with van der Waals surface area (Å²) in [6, 6.07) is 11.1. The third kappa shape index (κ3) is 3.67. The van der Waals surface area contributed by atoms with Gasteiger partial charge in [0, 0.05) is 32.2 Å². The first kappa shape index (κ1) is 15.0. The Morgan fingerprint density at radius 1 is 1.05 bits per heavy atom. The lowest BCUT2D eigenvalue weighted by Crippen LogP contribution is -2.51. The molecule has 3 rings (SSSR count). The zero-order valence-electron chi connectivity index (χ0n) is 12.4. The van der Waals surface area contributed by atoms with E-state index in [1.807, 2.05) is 0 Å². The highest BCUT2D eigenvalue weighted by molar-refractivity contribution is 9.10. The number of likely N-dealkylation sites (tertiary alicyclic amines) is 2. The maximum Gasteiger partial charge on any atom is 0.236 e. The van der Waals surface area contributed by atoms with Crippen LogP contribution in [0, 0.1) is 0 Å². The van der Waals surface area contributed by atoms with Crippen molar-refractivity contribution in [2.75, 3.05) is 19.6 Å². The molecule has 2 fully saturated rings. The molecule has 1 atom stereocenters. The summed E-state index contributed by atoms with van der Waals surface area (Å²) in [6.07, 6.45) is 4.34. The number of amides is 1. The second kappa shape index (κ2) is 6.93. The summed E-state index contributed by atoms with van der Waals surface area (Å²) in [4.78, 5) is 16.9. The van der Waals surface area contributed by atoms with E-state index in [4.69, 9.17) is 0 Å². The topological polar surface area (TPSA) is 23.6 Å². The van der Waals surface area contributed by atoms with Crippen LogP contribution in [0.4, 0.5) is 0 Å². The highest BCUT2D eigenvalue weighted by Gasteiger charge is 2.33. The summed E-state index contributed by atoms with van der Waals surface area (Å²) >= 11 is 3.52. The molecule has 1 aromatic carbocycles. The first-order valence-corrected chi connectivity index (χ1v) is 8.86. The molecule has 1 aromatic rings. The van der Waals surface area contributed by atoms with Crippen LogP contribution >= 0.6 is 15.9 Å². The number of alkyl halides is 1. The maximum atomic E-state index is 12.3. The van der Waals surface area contributed by atoms with Crippen molar-refractivity contribution in [1.29, 1.82) is 0 Å². The van der Waals surface area contributed by atoms with Crippen molar-refractivity contribution < 1.29 is 4.79 Å². The summed E-state index contributed by atoms with van der Waals surface area (Å²) in [5, 5.41) is 0. The molecule has 0 radical (unpaired) electrons. The van der Waals surface area contributed by atoms with Crippen LogP contribution in [0.1, 0.15) is 31.2 Å². The summed E-state index contributed by atoms with van der Waals surface area (Å²) in [6.45, 7) is 4.17. The number of rotatable bonds is 3. The van der Waals surface area contributed by atoms with Crippen molar-refractivity contribution in [3.05, 3.63) is 35.9 Å². The van der Waals surface area contributed by atoms with E-state index in [9.17, 15) is 4.79 Å². The van der Waals surface area contributed by atoms with Crippen molar-refractivity contribution >= 4 is 21.8 Å². The quantitative estimate of drug-likeness (QED) is 0.782. The van der Waals surface area contributed by atoms with Gasteiger partial charge in [0.1, 0.15) is 0 Å². The monoisotopic (exact) mass is 350 g/mol. The molecule has 0 aliphatic carbocycles. The molecule has 0 saturated carbocycles. The van der Waals surface area contributed by atoms with E-state index >= 15 is 0 Å². The third-order valence-electron chi connectivity index (χ3n) is 4.65. The van der Waals surface area contributed by atoms with E-state index in [1.54, 1.807) is 0 Å². The van der Waals surface area contributed by atoms with Crippen LogP contribution in [-0.2, 0) is 11.3 Å². The number of hydrogen-bond acceptors (Lipinski definition) is 2. The van der Waals surface area contributed by atoms with E-state index in [-0.39, 0.29) is 4.83 Å². The summed E-state index contributed by atoms with van der Waals surface area (Å²) < 4.78 is 0. The summed E-state index contributed by atoms with van der Waals surface area (Å²) in [5.74, 6) is 0.308. The number of piperidine rings is 2. The van der Waals surface area contributed by atoms with Crippen LogP contribution in [0.25, 0.3) is 0 Å². The van der Waals surface area contributed by atoms with Gasteiger partial charge in [-0.05, 0) is 31.2 Å². The fraction of sp³-hybridized carbons (Fsp3) is 0.588. The fourth-order valence-electron chi connectivity index (χ4n) is 3.45. The smallest absolute Gasteiger partial charge is 0.236 e. The molecular formula is C17H23BrN2O. The van der Waals surface area contributed by atoms with Gasteiger partial charge in [0.2, 0.25) is 5.91 Å². The molecule has 2 aliphatic heterocycles. The van der Waals surface area contributed by atoms with Gasteiger partial charge in [-0.25, -0.2) is 0 Å². The van der Waals surface area contributed by atoms with E-state index in [1.165, 1.54) is 5.56 Å². The van der Waals surface area contributed by atoms with Crippen molar-refractivity contribution in [1.82, 2.24) is 9.80 Å². The molecule has 3 nitrogen and oxygen atoms in total. The zero-order chi connectivity index (χ0) is 14.7. The molecule has 4 heteroatoms. The summed E-state index contributed by atoms with van der Waals surface area (Å²) in [5.41, 5.74) is 1.38. The largest absolute Gasteiger partial charge is 0.339 e. The van der Waals surface area contributed by atoms with Crippen molar-refractivity contribution in [2.24, 2.45) is 0 Å². The Morgan fingerprint density at radius 3 is 2.48 bits per heavy atom. The van der Waals surface area contributed by atoms with E-state index in [0.717, 1.165) is 51.9 Å². The van der Waals surface area contributed by atoms with Crippen molar-refractivity contribution in [3.63, 3.8) is 0 Å². The second-order valence-electron chi connectivity index (χ2n) is 6.13. The molecule has 0 aromatic heterocycles. The SMILES string of the molecule is O=C1C(Br)CCCN1C1CCN(Cc2ccccc2)CC1. The number of nitrogens with zero attached hydrogens (tertiary/aromatic N) is 2. The molecule has 2 saturated heterocycles. The Morgan fingerprint density at radius 2 is 1.76 bits per heavy atom. The Hall–Kier alpha value is -0.870. The van der Waals surface area contributed by atoms with Crippen molar-refractivity contribution in [3.8, 4) is 0 Å². The summed E-state index contributed by atoms with van der Waals surface area (Å²) in [7, 11) is 0. The van der Waals surface area contributed by atoms with E-state index in [0.29, 0.717) is 11.9 Å². The number of halogens is 1. The van der Waals surface area contributed by atoms with E-state index < -0.39 is 0 Å². The molecule has 114 valence electrons. The van der Waals surface area contributed by atoms with Crippen molar-refractivity contribution in [2.45, 2.75) is 43.1 Å². The number of hydrogen-bond donors (Lipinski definition) is 0. The molecule has 2 heterocycles. The van der Waals surface area contributed by atoms with Gasteiger partial charge in [-0.3, -0.25) is 9.69 Å². The normalized spacial score (nSPS) is 25.3. The van der Waals surface area contributed by atoms with Gasteiger partial charge in [-0.15, -0.1) is 0 Å².